The summed E-state index contributed by atoms with van der Waals surface area (Å²) >= 11 is 3.47. The van der Waals surface area contributed by atoms with E-state index in [9.17, 15) is 4.79 Å². The largest absolute Gasteiger partial charge is 0.489 e. The highest BCUT2D eigenvalue weighted by Crippen LogP contribution is 2.59. The number of nitrogens with one attached hydrogen (secondary N) is 1. The first-order valence-electron chi connectivity index (χ1n) is 14.2. The molecule has 2 aliphatic heterocycles. The SMILES string of the molecule is [C-]#[N+]c1ccc(OC2C(C)(C)C(N3Cc4nc(C#CC5CC(N6CCNCC6)C5)ccc4C3=O)C2(C)C)cc1Br. The van der Waals surface area contributed by atoms with Gasteiger partial charge < -0.3 is 15.0 Å². The molecule has 208 valence electrons. The van der Waals surface area contributed by atoms with E-state index in [1.807, 2.05) is 29.2 Å². The normalized spacial score (nSPS) is 28.4. The Morgan fingerprint density at radius 2 is 1.85 bits per heavy atom. The molecule has 0 bridgehead atoms. The molecule has 6 rings (SSSR count). The van der Waals surface area contributed by atoms with Crippen molar-refractivity contribution in [3.63, 3.8) is 0 Å². The van der Waals surface area contributed by atoms with Crippen molar-refractivity contribution in [3.05, 3.63) is 63.2 Å². The van der Waals surface area contributed by atoms with Gasteiger partial charge in [0.1, 0.15) is 17.5 Å². The third-order valence-electron chi connectivity index (χ3n) is 9.34. The summed E-state index contributed by atoms with van der Waals surface area (Å²) in [5.74, 6) is 7.93. The first-order valence-corrected chi connectivity index (χ1v) is 15.0. The Labute approximate surface area is 245 Å². The van der Waals surface area contributed by atoms with Crippen LogP contribution in [0.1, 0.15) is 62.3 Å². The fraction of sp³-hybridized carbons (Fsp3) is 0.531. The van der Waals surface area contributed by atoms with E-state index in [1.54, 1.807) is 6.07 Å². The Hall–Kier alpha value is -2.91. The van der Waals surface area contributed by atoms with E-state index in [0.717, 1.165) is 60.6 Å². The molecule has 4 aliphatic rings. The van der Waals surface area contributed by atoms with Crippen LogP contribution in [0, 0.1) is 35.2 Å². The van der Waals surface area contributed by atoms with Gasteiger partial charge in [0.15, 0.2) is 0 Å². The van der Waals surface area contributed by atoms with Gasteiger partial charge >= 0.3 is 0 Å². The van der Waals surface area contributed by atoms with Gasteiger partial charge in [-0.15, -0.1) is 0 Å². The quantitative estimate of drug-likeness (QED) is 0.382. The number of benzene rings is 1. The number of hydrogen-bond donors (Lipinski definition) is 1. The van der Waals surface area contributed by atoms with Crippen molar-refractivity contribution in [2.45, 2.75) is 65.3 Å². The van der Waals surface area contributed by atoms with Crippen LogP contribution in [0.3, 0.4) is 0 Å². The third kappa shape index (κ3) is 4.61. The maximum absolute atomic E-state index is 13.6. The molecule has 1 amide bonds. The number of nitrogens with zero attached hydrogens (tertiary/aromatic N) is 4. The monoisotopic (exact) mass is 601 g/mol. The number of amides is 1. The number of rotatable bonds is 4. The van der Waals surface area contributed by atoms with Crippen LogP contribution in [-0.2, 0) is 6.54 Å². The van der Waals surface area contributed by atoms with Crippen molar-refractivity contribution in [1.29, 1.82) is 0 Å². The number of ether oxygens (including phenoxy) is 1. The van der Waals surface area contributed by atoms with Crippen LogP contribution in [0.25, 0.3) is 4.85 Å². The summed E-state index contributed by atoms with van der Waals surface area (Å²) in [5.41, 5.74) is 2.25. The molecule has 0 spiro atoms. The third-order valence-corrected chi connectivity index (χ3v) is 9.97. The second kappa shape index (κ2) is 10.2. The summed E-state index contributed by atoms with van der Waals surface area (Å²) in [7, 11) is 0. The van der Waals surface area contributed by atoms with Crippen molar-refractivity contribution in [3.8, 4) is 17.6 Å². The van der Waals surface area contributed by atoms with Gasteiger partial charge in [-0.25, -0.2) is 9.83 Å². The van der Waals surface area contributed by atoms with Crippen LogP contribution in [0.15, 0.2) is 34.8 Å². The summed E-state index contributed by atoms with van der Waals surface area (Å²) in [5, 5.41) is 3.42. The minimum absolute atomic E-state index is 0.0101. The van der Waals surface area contributed by atoms with E-state index < -0.39 is 0 Å². The lowest BCUT2D eigenvalue weighted by Crippen LogP contribution is -2.74. The number of carbonyl (C=O) groups excluding carboxylic acids is 1. The maximum atomic E-state index is 13.6. The molecule has 0 atom stereocenters. The molecule has 1 aromatic carbocycles. The lowest BCUT2D eigenvalue weighted by molar-refractivity contribution is -0.199. The average Bonchev–Trinajstić information content (AvgIpc) is 3.21. The summed E-state index contributed by atoms with van der Waals surface area (Å²) in [6, 6.07) is 9.92. The minimum atomic E-state index is -0.278. The topological polar surface area (TPSA) is 62.1 Å². The highest BCUT2D eigenvalue weighted by Gasteiger charge is 2.67. The fourth-order valence-corrected chi connectivity index (χ4v) is 8.16. The van der Waals surface area contributed by atoms with Crippen LogP contribution >= 0.6 is 15.9 Å². The zero-order valence-electron chi connectivity index (χ0n) is 23.6. The molecule has 3 fully saturated rings. The predicted molar refractivity (Wildman–Crippen MR) is 158 cm³/mol. The molecule has 2 saturated carbocycles. The van der Waals surface area contributed by atoms with Crippen molar-refractivity contribution in [2.75, 3.05) is 26.2 Å². The molecule has 1 aromatic heterocycles. The van der Waals surface area contributed by atoms with Gasteiger partial charge in [0, 0.05) is 59.5 Å². The zero-order chi connectivity index (χ0) is 28.2. The standard InChI is InChI=1S/C32H36BrN5O2/c1-31(2)29(32(3,4)30(31)40-23-9-11-26(34-5)25(33)18-23)38-19-27-24(28(38)39)10-8-21(36-27)7-6-20-16-22(17-20)37-14-12-35-13-15-37/h8-11,18,20,22,29-30,35H,12-17,19H2,1-4H3. The number of fused-ring (bicyclic) bond motifs is 1. The number of carbonyl (C=O) groups is 1. The van der Waals surface area contributed by atoms with E-state index in [0.29, 0.717) is 29.8 Å². The lowest BCUT2D eigenvalue weighted by Gasteiger charge is -2.65. The molecular weight excluding hydrogens is 566 g/mol. The number of aromatic nitrogens is 1. The fourth-order valence-electron chi connectivity index (χ4n) is 7.71. The molecule has 7 nitrogen and oxygen atoms in total. The number of pyridine rings is 1. The summed E-state index contributed by atoms with van der Waals surface area (Å²) in [6.07, 6.45) is 2.17. The molecule has 2 aromatic rings. The molecular formula is C32H36BrN5O2. The molecule has 0 unspecified atom stereocenters. The number of halogens is 1. The first kappa shape index (κ1) is 27.3. The Balaban J connectivity index is 1.12. The van der Waals surface area contributed by atoms with E-state index in [-0.39, 0.29) is 28.9 Å². The Kier molecular flexibility index (Phi) is 6.94. The van der Waals surface area contributed by atoms with Crippen LogP contribution in [-0.4, -0.2) is 65.1 Å². The molecule has 1 N–H and O–H groups in total. The highest BCUT2D eigenvalue weighted by molar-refractivity contribution is 9.10. The molecule has 1 saturated heterocycles. The summed E-state index contributed by atoms with van der Waals surface area (Å²) in [6.45, 7) is 20.9. The van der Waals surface area contributed by atoms with E-state index in [1.165, 1.54) is 0 Å². The van der Waals surface area contributed by atoms with Crippen LogP contribution in [0.2, 0.25) is 0 Å². The average molecular weight is 603 g/mol. The van der Waals surface area contributed by atoms with Crippen molar-refractivity contribution in [1.82, 2.24) is 20.1 Å². The Morgan fingerprint density at radius 3 is 2.52 bits per heavy atom. The second-order valence-electron chi connectivity index (χ2n) is 12.8. The van der Waals surface area contributed by atoms with Gasteiger partial charge in [-0.2, -0.15) is 0 Å². The van der Waals surface area contributed by atoms with Gasteiger partial charge in [-0.05, 0) is 43.0 Å². The molecule has 40 heavy (non-hydrogen) atoms. The highest BCUT2D eigenvalue weighted by atomic mass is 79.9. The summed E-state index contributed by atoms with van der Waals surface area (Å²) < 4.78 is 7.21. The summed E-state index contributed by atoms with van der Waals surface area (Å²) in [4.78, 5) is 26.5. The van der Waals surface area contributed by atoms with Gasteiger partial charge in [0.05, 0.1) is 24.4 Å². The van der Waals surface area contributed by atoms with Crippen molar-refractivity contribution >= 4 is 27.5 Å². The molecule has 0 radical (unpaired) electrons. The second-order valence-corrected chi connectivity index (χ2v) is 13.6. The van der Waals surface area contributed by atoms with Crippen molar-refractivity contribution < 1.29 is 9.53 Å². The van der Waals surface area contributed by atoms with E-state index in [4.69, 9.17) is 16.3 Å². The molecule has 8 heteroatoms. The van der Waals surface area contributed by atoms with Crippen LogP contribution < -0.4 is 10.1 Å². The van der Waals surface area contributed by atoms with E-state index >= 15 is 0 Å². The first-order chi connectivity index (χ1) is 19.1. The minimum Gasteiger partial charge on any atom is -0.489 e. The number of hydrogen-bond acceptors (Lipinski definition) is 5. The lowest BCUT2D eigenvalue weighted by atomic mass is 9.49. The number of piperazine rings is 1. The molecule has 3 heterocycles. The van der Waals surface area contributed by atoms with Gasteiger partial charge in [0.25, 0.3) is 5.91 Å². The molecule has 2 aliphatic carbocycles. The van der Waals surface area contributed by atoms with Crippen LogP contribution in [0.5, 0.6) is 5.75 Å². The van der Waals surface area contributed by atoms with Gasteiger partial charge in [0.2, 0.25) is 5.69 Å². The smallest absolute Gasteiger partial charge is 0.256 e. The van der Waals surface area contributed by atoms with Gasteiger partial charge in [-0.3, -0.25) is 9.69 Å². The van der Waals surface area contributed by atoms with E-state index in [2.05, 4.69) is 70.5 Å². The van der Waals surface area contributed by atoms with Gasteiger partial charge in [-0.1, -0.05) is 55.6 Å². The maximum Gasteiger partial charge on any atom is 0.256 e. The Morgan fingerprint density at radius 1 is 1.12 bits per heavy atom. The zero-order valence-corrected chi connectivity index (χ0v) is 25.2. The Bertz CT molecular complexity index is 1420. The van der Waals surface area contributed by atoms with Crippen LogP contribution in [0.4, 0.5) is 5.69 Å². The van der Waals surface area contributed by atoms with Crippen molar-refractivity contribution in [2.24, 2.45) is 16.7 Å². The predicted octanol–water partition coefficient (Wildman–Crippen LogP) is 5.27.